The van der Waals surface area contributed by atoms with Crippen LogP contribution in [-0.4, -0.2) is 31.8 Å². The summed E-state index contributed by atoms with van der Waals surface area (Å²) in [6, 6.07) is 5.51. The maximum atomic E-state index is 12.9. The molecule has 0 aliphatic heterocycles. The zero-order chi connectivity index (χ0) is 20.5. The standard InChI is InChI=1S/C21H23N5O3/c1-12-4-7-16-17(8-12)19(29-14(3)15-5-6-15)25-26(20(16)28)11-18(27)24-21-22-9-13(2)10-23-21/h4,7-10,14-15H,5-6,11H2,1-3H3,(H,22,23,24,27). The predicted molar refractivity (Wildman–Crippen MR) is 109 cm³/mol. The van der Waals surface area contributed by atoms with Gasteiger partial charge in [-0.1, -0.05) is 11.6 Å². The fourth-order valence-electron chi connectivity index (χ4n) is 3.16. The van der Waals surface area contributed by atoms with Crippen molar-refractivity contribution in [1.29, 1.82) is 0 Å². The van der Waals surface area contributed by atoms with Gasteiger partial charge in [0.25, 0.3) is 5.56 Å². The molecule has 8 nitrogen and oxygen atoms in total. The molecule has 1 aliphatic carbocycles. The molecular formula is C21H23N5O3. The molecule has 8 heteroatoms. The largest absolute Gasteiger partial charge is 0.473 e. The number of aryl methyl sites for hydroxylation is 2. The number of anilines is 1. The molecule has 0 bridgehead atoms. The molecule has 1 unspecified atom stereocenters. The molecule has 3 aromatic rings. The zero-order valence-corrected chi connectivity index (χ0v) is 16.7. The van der Waals surface area contributed by atoms with Crippen LogP contribution >= 0.6 is 0 Å². The van der Waals surface area contributed by atoms with Crippen molar-refractivity contribution >= 4 is 22.6 Å². The molecule has 150 valence electrons. The first-order valence-electron chi connectivity index (χ1n) is 9.67. The summed E-state index contributed by atoms with van der Waals surface area (Å²) in [6.45, 7) is 5.57. The van der Waals surface area contributed by atoms with Gasteiger partial charge < -0.3 is 4.74 Å². The molecule has 1 aliphatic rings. The summed E-state index contributed by atoms with van der Waals surface area (Å²) in [6.07, 6.45) is 5.49. The fourth-order valence-corrected chi connectivity index (χ4v) is 3.16. The Balaban J connectivity index is 1.65. The zero-order valence-electron chi connectivity index (χ0n) is 16.7. The van der Waals surface area contributed by atoms with E-state index in [-0.39, 0.29) is 24.2 Å². The quantitative estimate of drug-likeness (QED) is 0.691. The van der Waals surface area contributed by atoms with Crippen molar-refractivity contribution in [3.05, 3.63) is 52.1 Å². The van der Waals surface area contributed by atoms with Gasteiger partial charge in [-0.2, -0.15) is 0 Å². The van der Waals surface area contributed by atoms with Crippen molar-refractivity contribution in [2.24, 2.45) is 5.92 Å². The molecule has 1 amide bonds. The molecule has 2 aromatic heterocycles. The van der Waals surface area contributed by atoms with Crippen LogP contribution in [0.1, 0.15) is 30.9 Å². The van der Waals surface area contributed by atoms with E-state index >= 15 is 0 Å². The van der Waals surface area contributed by atoms with Gasteiger partial charge in [0.15, 0.2) is 0 Å². The van der Waals surface area contributed by atoms with Crippen LogP contribution in [0.3, 0.4) is 0 Å². The molecule has 1 atom stereocenters. The van der Waals surface area contributed by atoms with E-state index in [0.29, 0.717) is 22.6 Å². The van der Waals surface area contributed by atoms with Gasteiger partial charge in [-0.15, -0.1) is 5.10 Å². The summed E-state index contributed by atoms with van der Waals surface area (Å²) in [5, 5.41) is 8.10. The van der Waals surface area contributed by atoms with Gasteiger partial charge in [-0.25, -0.2) is 14.6 Å². The summed E-state index contributed by atoms with van der Waals surface area (Å²) in [7, 11) is 0. The molecule has 4 rings (SSSR count). The minimum Gasteiger partial charge on any atom is -0.473 e. The van der Waals surface area contributed by atoms with E-state index in [2.05, 4.69) is 20.4 Å². The Morgan fingerprint density at radius 2 is 1.93 bits per heavy atom. The number of aromatic nitrogens is 4. The minimum atomic E-state index is -0.434. The third kappa shape index (κ3) is 4.26. The summed E-state index contributed by atoms with van der Waals surface area (Å²) in [5.41, 5.74) is 1.55. The number of amides is 1. The lowest BCUT2D eigenvalue weighted by atomic mass is 10.1. The Kier molecular flexibility index (Phi) is 5.00. The lowest BCUT2D eigenvalue weighted by Crippen LogP contribution is -2.31. The number of ether oxygens (including phenoxy) is 1. The smallest absolute Gasteiger partial charge is 0.275 e. The van der Waals surface area contributed by atoms with Crippen molar-refractivity contribution in [3.63, 3.8) is 0 Å². The Labute approximate surface area is 167 Å². The second-order valence-corrected chi connectivity index (χ2v) is 7.61. The Bertz CT molecular complexity index is 1120. The molecule has 1 aromatic carbocycles. The third-order valence-electron chi connectivity index (χ3n) is 4.99. The number of nitrogens with zero attached hydrogens (tertiary/aromatic N) is 4. The lowest BCUT2D eigenvalue weighted by molar-refractivity contribution is -0.117. The fraction of sp³-hybridized carbons (Fsp3) is 0.381. The first kappa shape index (κ1) is 19.0. The Morgan fingerprint density at radius 1 is 1.21 bits per heavy atom. The Morgan fingerprint density at radius 3 is 2.62 bits per heavy atom. The average Bonchev–Trinajstić information content (AvgIpc) is 3.52. The highest BCUT2D eigenvalue weighted by Crippen LogP contribution is 2.35. The van der Waals surface area contributed by atoms with Crippen molar-refractivity contribution in [2.45, 2.75) is 46.3 Å². The van der Waals surface area contributed by atoms with Crippen LogP contribution in [0, 0.1) is 19.8 Å². The number of nitrogens with one attached hydrogen (secondary N) is 1. The van der Waals surface area contributed by atoms with Crippen LogP contribution in [0.4, 0.5) is 5.95 Å². The van der Waals surface area contributed by atoms with Crippen molar-refractivity contribution in [2.75, 3.05) is 5.32 Å². The van der Waals surface area contributed by atoms with E-state index in [0.717, 1.165) is 28.7 Å². The van der Waals surface area contributed by atoms with Crippen molar-refractivity contribution in [1.82, 2.24) is 19.7 Å². The molecule has 29 heavy (non-hydrogen) atoms. The topological polar surface area (TPSA) is 99.0 Å². The van der Waals surface area contributed by atoms with E-state index in [9.17, 15) is 9.59 Å². The normalized spacial score (nSPS) is 14.6. The monoisotopic (exact) mass is 393 g/mol. The number of rotatable bonds is 6. The molecule has 1 saturated carbocycles. The van der Waals surface area contributed by atoms with Crippen molar-refractivity contribution in [3.8, 4) is 5.88 Å². The molecule has 1 fully saturated rings. The van der Waals surface area contributed by atoms with Crippen molar-refractivity contribution < 1.29 is 9.53 Å². The highest BCUT2D eigenvalue weighted by Gasteiger charge is 2.30. The second kappa shape index (κ2) is 7.62. The first-order chi connectivity index (χ1) is 13.9. The molecule has 2 heterocycles. The maximum absolute atomic E-state index is 12.9. The van der Waals surface area contributed by atoms with Crippen LogP contribution < -0.4 is 15.6 Å². The van der Waals surface area contributed by atoms with Gasteiger partial charge in [0.1, 0.15) is 12.6 Å². The average molecular weight is 393 g/mol. The van der Waals surface area contributed by atoms with E-state index in [1.807, 2.05) is 32.9 Å². The van der Waals surface area contributed by atoms with Crippen LogP contribution in [0.2, 0.25) is 0 Å². The van der Waals surface area contributed by atoms with E-state index in [1.54, 1.807) is 18.5 Å². The van der Waals surface area contributed by atoms with Crippen LogP contribution in [-0.2, 0) is 11.3 Å². The summed E-state index contributed by atoms with van der Waals surface area (Å²) in [5.74, 6) is 0.640. The third-order valence-corrected chi connectivity index (χ3v) is 4.99. The second-order valence-electron chi connectivity index (χ2n) is 7.61. The maximum Gasteiger partial charge on any atom is 0.275 e. The number of benzene rings is 1. The summed E-state index contributed by atoms with van der Waals surface area (Å²) >= 11 is 0. The van der Waals surface area contributed by atoms with Crippen LogP contribution in [0.5, 0.6) is 5.88 Å². The number of hydrogen-bond acceptors (Lipinski definition) is 6. The first-order valence-corrected chi connectivity index (χ1v) is 9.67. The number of carbonyl (C=O) groups excluding carboxylic acids is 1. The van der Waals surface area contributed by atoms with Gasteiger partial charge in [-0.05, 0) is 57.2 Å². The van der Waals surface area contributed by atoms with Gasteiger partial charge in [-0.3, -0.25) is 14.9 Å². The van der Waals surface area contributed by atoms with Crippen LogP contribution in [0.15, 0.2) is 35.4 Å². The van der Waals surface area contributed by atoms with Crippen LogP contribution in [0.25, 0.3) is 10.8 Å². The summed E-state index contributed by atoms with van der Waals surface area (Å²) < 4.78 is 7.22. The number of hydrogen-bond donors (Lipinski definition) is 1. The SMILES string of the molecule is Cc1cnc(NC(=O)Cn2nc(OC(C)C3CC3)c3cc(C)ccc3c2=O)nc1. The van der Waals surface area contributed by atoms with E-state index in [4.69, 9.17) is 4.74 Å². The van der Waals surface area contributed by atoms with E-state index < -0.39 is 5.91 Å². The number of carbonyl (C=O) groups is 1. The number of fused-ring (bicyclic) bond motifs is 1. The van der Waals surface area contributed by atoms with E-state index in [1.165, 1.54) is 0 Å². The lowest BCUT2D eigenvalue weighted by Gasteiger charge is -2.16. The van der Waals surface area contributed by atoms with Gasteiger partial charge in [0, 0.05) is 12.4 Å². The van der Waals surface area contributed by atoms with Gasteiger partial charge >= 0.3 is 0 Å². The molecular weight excluding hydrogens is 370 g/mol. The minimum absolute atomic E-state index is 0.00643. The van der Waals surface area contributed by atoms with Gasteiger partial charge in [0.2, 0.25) is 17.7 Å². The Hall–Kier alpha value is -3.29. The van der Waals surface area contributed by atoms with Gasteiger partial charge in [0.05, 0.1) is 10.8 Å². The summed E-state index contributed by atoms with van der Waals surface area (Å²) in [4.78, 5) is 33.4. The molecule has 0 radical (unpaired) electrons. The highest BCUT2D eigenvalue weighted by molar-refractivity contribution is 5.90. The highest BCUT2D eigenvalue weighted by atomic mass is 16.5. The predicted octanol–water partition coefficient (Wildman–Crippen LogP) is 2.62. The molecule has 0 spiro atoms. The molecule has 1 N–H and O–H groups in total. The molecule has 0 saturated heterocycles.